The first-order valence-electron chi connectivity index (χ1n) is 5.97. The van der Waals surface area contributed by atoms with Gasteiger partial charge in [0.25, 0.3) is 0 Å². The molecule has 2 aromatic rings. The van der Waals surface area contributed by atoms with Gasteiger partial charge in [-0.05, 0) is 24.3 Å². The minimum atomic E-state index is -0.440. The summed E-state index contributed by atoms with van der Waals surface area (Å²) in [7, 11) is 1.32. The van der Waals surface area contributed by atoms with Crippen LogP contribution in [0.2, 0.25) is 5.02 Å². The van der Waals surface area contributed by atoms with E-state index in [1.807, 2.05) is 0 Å². The van der Waals surface area contributed by atoms with Crippen LogP contribution in [0, 0.1) is 5.82 Å². The van der Waals surface area contributed by atoms with E-state index in [4.69, 9.17) is 16.3 Å². The number of anilines is 1. The van der Waals surface area contributed by atoms with Gasteiger partial charge in [0.15, 0.2) is 0 Å². The van der Waals surface area contributed by atoms with E-state index in [2.05, 4.69) is 5.32 Å². The van der Waals surface area contributed by atoms with E-state index < -0.39 is 5.97 Å². The summed E-state index contributed by atoms with van der Waals surface area (Å²) in [6, 6.07) is 11.4. The molecule has 0 aromatic heterocycles. The average Bonchev–Trinajstić information content (AvgIpc) is 2.46. The summed E-state index contributed by atoms with van der Waals surface area (Å²) in [5.74, 6) is -0.828. The number of hydrogen-bond donors (Lipinski definition) is 1. The first kappa shape index (κ1) is 14.3. The molecule has 0 aliphatic rings. The predicted molar refractivity (Wildman–Crippen MR) is 76.5 cm³/mol. The van der Waals surface area contributed by atoms with Crippen molar-refractivity contribution in [3.8, 4) is 0 Å². The van der Waals surface area contributed by atoms with Gasteiger partial charge in [0.2, 0.25) is 0 Å². The highest BCUT2D eigenvalue weighted by Gasteiger charge is 2.11. The molecule has 0 saturated carbocycles. The zero-order chi connectivity index (χ0) is 14.5. The number of nitrogens with one attached hydrogen (secondary N) is 1. The van der Waals surface area contributed by atoms with Gasteiger partial charge in [-0.2, -0.15) is 0 Å². The number of ether oxygens (including phenoxy) is 1. The first-order valence-corrected chi connectivity index (χ1v) is 6.34. The summed E-state index contributed by atoms with van der Waals surface area (Å²) >= 11 is 5.70. The molecule has 5 heteroatoms. The van der Waals surface area contributed by atoms with Crippen molar-refractivity contribution in [3.05, 3.63) is 64.4 Å². The third-order valence-corrected chi connectivity index (χ3v) is 3.05. The maximum absolute atomic E-state index is 13.7. The van der Waals surface area contributed by atoms with E-state index in [0.29, 0.717) is 21.8 Å². The number of carbonyl (C=O) groups excluding carboxylic acids is 1. The monoisotopic (exact) mass is 293 g/mol. The van der Waals surface area contributed by atoms with Crippen LogP contribution in [-0.4, -0.2) is 13.1 Å². The van der Waals surface area contributed by atoms with E-state index in [1.165, 1.54) is 13.2 Å². The summed E-state index contributed by atoms with van der Waals surface area (Å²) in [6.07, 6.45) is 0. The second-order valence-electron chi connectivity index (χ2n) is 4.13. The topological polar surface area (TPSA) is 38.3 Å². The minimum Gasteiger partial charge on any atom is -0.465 e. The van der Waals surface area contributed by atoms with Crippen molar-refractivity contribution in [2.45, 2.75) is 6.54 Å². The SMILES string of the molecule is COC(=O)c1ccccc1NCc1ccc(Cl)cc1F. The molecule has 2 rings (SSSR count). The minimum absolute atomic E-state index is 0.247. The Morgan fingerprint density at radius 3 is 2.75 bits per heavy atom. The van der Waals surface area contributed by atoms with E-state index in [9.17, 15) is 9.18 Å². The third-order valence-electron chi connectivity index (χ3n) is 2.82. The van der Waals surface area contributed by atoms with E-state index in [1.54, 1.807) is 36.4 Å². The molecule has 0 bridgehead atoms. The van der Waals surface area contributed by atoms with Crippen LogP contribution in [0.15, 0.2) is 42.5 Å². The molecule has 1 N–H and O–H groups in total. The van der Waals surface area contributed by atoms with Gasteiger partial charge in [0, 0.05) is 22.8 Å². The maximum Gasteiger partial charge on any atom is 0.339 e. The molecule has 0 heterocycles. The lowest BCUT2D eigenvalue weighted by atomic mass is 10.1. The quantitative estimate of drug-likeness (QED) is 0.870. The molecule has 0 unspecified atom stereocenters. The van der Waals surface area contributed by atoms with Crippen LogP contribution in [0.4, 0.5) is 10.1 Å². The molecular weight excluding hydrogens is 281 g/mol. The van der Waals surface area contributed by atoms with Crippen LogP contribution in [0.5, 0.6) is 0 Å². The molecule has 2 aromatic carbocycles. The lowest BCUT2D eigenvalue weighted by Gasteiger charge is -2.11. The molecule has 20 heavy (non-hydrogen) atoms. The number of carbonyl (C=O) groups is 1. The van der Waals surface area contributed by atoms with Crippen LogP contribution >= 0.6 is 11.6 Å². The van der Waals surface area contributed by atoms with Crippen LogP contribution in [0.1, 0.15) is 15.9 Å². The van der Waals surface area contributed by atoms with E-state index >= 15 is 0 Å². The van der Waals surface area contributed by atoms with Crippen molar-refractivity contribution in [2.75, 3.05) is 12.4 Å². The second-order valence-corrected chi connectivity index (χ2v) is 4.56. The van der Waals surface area contributed by atoms with Crippen molar-refractivity contribution >= 4 is 23.3 Å². The van der Waals surface area contributed by atoms with Gasteiger partial charge in [-0.3, -0.25) is 0 Å². The molecule has 0 radical (unpaired) electrons. The van der Waals surface area contributed by atoms with Gasteiger partial charge in [0.05, 0.1) is 12.7 Å². The van der Waals surface area contributed by atoms with E-state index in [-0.39, 0.29) is 12.4 Å². The standard InChI is InChI=1S/C15H13ClFNO2/c1-20-15(19)12-4-2-3-5-14(12)18-9-10-6-7-11(16)8-13(10)17/h2-8,18H,9H2,1H3. The van der Waals surface area contributed by atoms with Gasteiger partial charge >= 0.3 is 5.97 Å². The van der Waals surface area contributed by atoms with Crippen molar-refractivity contribution in [3.63, 3.8) is 0 Å². The zero-order valence-electron chi connectivity index (χ0n) is 10.8. The van der Waals surface area contributed by atoms with Crippen molar-refractivity contribution in [1.29, 1.82) is 0 Å². The molecule has 104 valence electrons. The molecule has 0 atom stereocenters. The Morgan fingerprint density at radius 1 is 1.30 bits per heavy atom. The predicted octanol–water partition coefficient (Wildman–Crippen LogP) is 3.88. The number of hydrogen-bond acceptors (Lipinski definition) is 3. The van der Waals surface area contributed by atoms with Gasteiger partial charge in [0.1, 0.15) is 5.82 Å². The molecule has 0 spiro atoms. The maximum atomic E-state index is 13.7. The molecule has 0 aliphatic heterocycles. The normalized spacial score (nSPS) is 10.2. The number of para-hydroxylation sites is 1. The fraction of sp³-hybridized carbons (Fsp3) is 0.133. The molecule has 0 aliphatic carbocycles. The summed E-state index contributed by atoms with van der Waals surface area (Å²) < 4.78 is 18.4. The summed E-state index contributed by atoms with van der Waals surface area (Å²) in [4.78, 5) is 11.6. The molecule has 3 nitrogen and oxygen atoms in total. The molecule has 0 fully saturated rings. The third kappa shape index (κ3) is 3.27. The van der Waals surface area contributed by atoms with Gasteiger partial charge in [-0.15, -0.1) is 0 Å². The first-order chi connectivity index (χ1) is 9.61. The molecule has 0 saturated heterocycles. The van der Waals surface area contributed by atoms with Crippen LogP contribution in [0.3, 0.4) is 0 Å². The highest BCUT2D eigenvalue weighted by Crippen LogP contribution is 2.19. The van der Waals surface area contributed by atoms with Gasteiger partial charge < -0.3 is 10.1 Å². The van der Waals surface area contributed by atoms with Crippen LogP contribution in [-0.2, 0) is 11.3 Å². The van der Waals surface area contributed by atoms with Crippen LogP contribution < -0.4 is 5.32 Å². The summed E-state index contributed by atoms with van der Waals surface area (Å²) in [5.41, 5.74) is 1.46. The van der Waals surface area contributed by atoms with Gasteiger partial charge in [-0.1, -0.05) is 29.8 Å². The second kappa shape index (κ2) is 6.39. The fourth-order valence-electron chi connectivity index (χ4n) is 1.78. The van der Waals surface area contributed by atoms with Crippen molar-refractivity contribution < 1.29 is 13.9 Å². The Balaban J connectivity index is 2.17. The lowest BCUT2D eigenvalue weighted by Crippen LogP contribution is -2.08. The summed E-state index contributed by atoms with van der Waals surface area (Å²) in [5, 5.41) is 3.37. The van der Waals surface area contributed by atoms with E-state index in [0.717, 1.165) is 0 Å². The Kier molecular flexibility index (Phi) is 4.58. The number of rotatable bonds is 4. The summed E-state index contributed by atoms with van der Waals surface area (Å²) in [6.45, 7) is 0.247. The number of methoxy groups -OCH3 is 1. The largest absolute Gasteiger partial charge is 0.465 e. The smallest absolute Gasteiger partial charge is 0.339 e. The van der Waals surface area contributed by atoms with Gasteiger partial charge in [-0.25, -0.2) is 9.18 Å². The number of esters is 1. The number of benzene rings is 2. The zero-order valence-corrected chi connectivity index (χ0v) is 11.6. The van der Waals surface area contributed by atoms with Crippen molar-refractivity contribution in [2.24, 2.45) is 0 Å². The number of halogens is 2. The Labute approximate surface area is 121 Å². The van der Waals surface area contributed by atoms with Crippen molar-refractivity contribution in [1.82, 2.24) is 0 Å². The molecular formula is C15H13ClFNO2. The Morgan fingerprint density at radius 2 is 2.05 bits per heavy atom. The Bertz CT molecular complexity index is 631. The molecule has 0 amide bonds. The average molecular weight is 294 g/mol. The Hall–Kier alpha value is -2.07. The highest BCUT2D eigenvalue weighted by atomic mass is 35.5. The van der Waals surface area contributed by atoms with Crippen LogP contribution in [0.25, 0.3) is 0 Å². The fourth-order valence-corrected chi connectivity index (χ4v) is 1.94. The highest BCUT2D eigenvalue weighted by molar-refractivity contribution is 6.30. The lowest BCUT2D eigenvalue weighted by molar-refractivity contribution is 0.0602.